The molecule has 0 amide bonds. The summed E-state index contributed by atoms with van der Waals surface area (Å²) < 4.78 is 0. The van der Waals surface area contributed by atoms with Gasteiger partial charge in [0.1, 0.15) is 5.82 Å². The molecule has 112 valence electrons. The van der Waals surface area contributed by atoms with Crippen molar-refractivity contribution in [3.05, 3.63) is 71.0 Å². The van der Waals surface area contributed by atoms with Crippen LogP contribution in [0.2, 0.25) is 5.02 Å². The third kappa shape index (κ3) is 3.53. The zero-order valence-corrected chi connectivity index (χ0v) is 12.8. The number of nitrogens with two attached hydrogens (primary N) is 1. The van der Waals surface area contributed by atoms with Crippen molar-refractivity contribution >= 4 is 11.6 Å². The van der Waals surface area contributed by atoms with E-state index in [1.807, 2.05) is 42.5 Å². The Balaban J connectivity index is 1.68. The molecule has 0 bridgehead atoms. The Morgan fingerprint density at radius 3 is 2.68 bits per heavy atom. The summed E-state index contributed by atoms with van der Waals surface area (Å²) in [6, 6.07) is 17.6. The van der Waals surface area contributed by atoms with Crippen LogP contribution in [0, 0.1) is 0 Å². The van der Waals surface area contributed by atoms with Crippen LogP contribution < -0.4 is 5.73 Å². The summed E-state index contributed by atoms with van der Waals surface area (Å²) in [5.41, 5.74) is 8.36. The fourth-order valence-electron chi connectivity index (χ4n) is 2.30. The third-order valence-corrected chi connectivity index (χ3v) is 3.76. The van der Waals surface area contributed by atoms with E-state index in [0.29, 0.717) is 16.7 Å². The Morgan fingerprint density at radius 1 is 1.09 bits per heavy atom. The summed E-state index contributed by atoms with van der Waals surface area (Å²) in [4.78, 5) is 4.48. The van der Waals surface area contributed by atoms with E-state index in [2.05, 4.69) is 27.3 Å². The summed E-state index contributed by atoms with van der Waals surface area (Å²) in [5, 5.41) is 7.82. The second-order valence-corrected chi connectivity index (χ2v) is 5.62. The number of nitrogens with one attached hydrogen (secondary N) is 1. The topological polar surface area (TPSA) is 67.6 Å². The summed E-state index contributed by atoms with van der Waals surface area (Å²) >= 11 is 5.99. The molecule has 0 fully saturated rings. The number of aromatic nitrogens is 3. The maximum Gasteiger partial charge on any atom is 0.181 e. The maximum absolute atomic E-state index is 6.20. The number of nitrogens with zero attached hydrogens (tertiary/aromatic N) is 2. The van der Waals surface area contributed by atoms with Gasteiger partial charge in [-0.15, -0.1) is 0 Å². The summed E-state index contributed by atoms with van der Waals surface area (Å²) in [6.07, 6.45) is 1.73. The molecule has 5 heteroatoms. The lowest BCUT2D eigenvalue weighted by molar-refractivity contribution is 0.615. The van der Waals surface area contributed by atoms with Crippen LogP contribution >= 0.6 is 11.6 Å². The second kappa shape index (κ2) is 6.73. The van der Waals surface area contributed by atoms with Crippen LogP contribution in [0.1, 0.15) is 23.9 Å². The molecule has 0 saturated carbocycles. The molecule has 0 aliphatic carbocycles. The van der Waals surface area contributed by atoms with Gasteiger partial charge in [0.05, 0.1) is 6.04 Å². The molecule has 0 spiro atoms. The van der Waals surface area contributed by atoms with Crippen molar-refractivity contribution in [2.24, 2.45) is 5.73 Å². The van der Waals surface area contributed by atoms with Crippen molar-refractivity contribution in [3.8, 4) is 11.4 Å². The molecule has 3 aromatic rings. The molecule has 0 aliphatic heterocycles. The van der Waals surface area contributed by atoms with Gasteiger partial charge in [-0.2, -0.15) is 5.10 Å². The van der Waals surface area contributed by atoms with E-state index >= 15 is 0 Å². The largest absolute Gasteiger partial charge is 0.321 e. The first kappa shape index (κ1) is 14.8. The van der Waals surface area contributed by atoms with Gasteiger partial charge in [0.2, 0.25) is 0 Å². The molecule has 3 N–H and O–H groups in total. The molecule has 3 rings (SSSR count). The third-order valence-electron chi connectivity index (χ3n) is 3.52. The zero-order chi connectivity index (χ0) is 15.4. The first-order valence-electron chi connectivity index (χ1n) is 7.20. The number of H-pyrrole nitrogens is 1. The van der Waals surface area contributed by atoms with E-state index < -0.39 is 0 Å². The lowest BCUT2D eigenvalue weighted by atomic mass is 10.1. The van der Waals surface area contributed by atoms with Crippen LogP contribution in [0.3, 0.4) is 0 Å². The smallest absolute Gasteiger partial charge is 0.181 e. The van der Waals surface area contributed by atoms with Crippen molar-refractivity contribution in [2.75, 3.05) is 0 Å². The summed E-state index contributed by atoms with van der Waals surface area (Å²) in [7, 11) is 0. The fraction of sp³-hybridized carbons (Fsp3) is 0.176. The predicted molar refractivity (Wildman–Crippen MR) is 88.5 cm³/mol. The highest BCUT2D eigenvalue weighted by atomic mass is 35.5. The SMILES string of the molecule is N[C@H](CCc1ccccc1)c1nc(-c2cccc(Cl)c2)n[nH]1. The lowest BCUT2D eigenvalue weighted by Crippen LogP contribution is -2.13. The molecule has 0 aliphatic rings. The Hall–Kier alpha value is -2.17. The van der Waals surface area contributed by atoms with E-state index in [9.17, 15) is 0 Å². The van der Waals surface area contributed by atoms with E-state index in [-0.39, 0.29) is 6.04 Å². The minimum Gasteiger partial charge on any atom is -0.321 e. The molecule has 0 radical (unpaired) electrons. The Kier molecular flexibility index (Phi) is 4.51. The van der Waals surface area contributed by atoms with E-state index in [1.54, 1.807) is 0 Å². The maximum atomic E-state index is 6.20. The van der Waals surface area contributed by atoms with Crippen molar-refractivity contribution < 1.29 is 0 Å². The molecule has 4 nitrogen and oxygen atoms in total. The van der Waals surface area contributed by atoms with Crippen LogP contribution in [0.4, 0.5) is 0 Å². The van der Waals surface area contributed by atoms with Gasteiger partial charge in [0.15, 0.2) is 5.82 Å². The molecule has 0 saturated heterocycles. The molecule has 2 aromatic carbocycles. The van der Waals surface area contributed by atoms with Crippen molar-refractivity contribution in [1.29, 1.82) is 0 Å². The molecular formula is C17H17ClN4. The van der Waals surface area contributed by atoms with Gasteiger partial charge >= 0.3 is 0 Å². The quantitative estimate of drug-likeness (QED) is 0.753. The van der Waals surface area contributed by atoms with Gasteiger partial charge in [-0.25, -0.2) is 4.98 Å². The van der Waals surface area contributed by atoms with Gasteiger partial charge < -0.3 is 5.73 Å². The summed E-state index contributed by atoms with van der Waals surface area (Å²) in [6.45, 7) is 0. The van der Waals surface area contributed by atoms with Crippen LogP contribution in [0.15, 0.2) is 54.6 Å². The first-order chi connectivity index (χ1) is 10.7. The number of halogens is 1. The van der Waals surface area contributed by atoms with Crippen LogP contribution in [0.25, 0.3) is 11.4 Å². The molecule has 22 heavy (non-hydrogen) atoms. The molecule has 0 unspecified atom stereocenters. The highest BCUT2D eigenvalue weighted by Crippen LogP contribution is 2.21. The monoisotopic (exact) mass is 312 g/mol. The summed E-state index contributed by atoms with van der Waals surface area (Å²) in [5.74, 6) is 1.32. The number of benzene rings is 2. The Bertz CT molecular complexity index is 739. The number of hydrogen-bond acceptors (Lipinski definition) is 3. The van der Waals surface area contributed by atoms with Gasteiger partial charge in [-0.3, -0.25) is 5.10 Å². The first-order valence-corrected chi connectivity index (χ1v) is 7.58. The zero-order valence-electron chi connectivity index (χ0n) is 12.0. The molecule has 1 heterocycles. The van der Waals surface area contributed by atoms with E-state index in [4.69, 9.17) is 17.3 Å². The number of hydrogen-bond donors (Lipinski definition) is 2. The molecular weight excluding hydrogens is 296 g/mol. The van der Waals surface area contributed by atoms with E-state index in [1.165, 1.54) is 5.56 Å². The van der Waals surface area contributed by atoms with Crippen LogP contribution in [-0.2, 0) is 6.42 Å². The Morgan fingerprint density at radius 2 is 1.91 bits per heavy atom. The predicted octanol–water partition coefficient (Wildman–Crippen LogP) is 3.76. The van der Waals surface area contributed by atoms with Gasteiger partial charge in [0, 0.05) is 10.6 Å². The average molecular weight is 313 g/mol. The highest BCUT2D eigenvalue weighted by Gasteiger charge is 2.13. The van der Waals surface area contributed by atoms with Crippen molar-refractivity contribution in [1.82, 2.24) is 15.2 Å². The number of rotatable bonds is 5. The Labute approximate surface area is 134 Å². The van der Waals surface area contributed by atoms with Crippen molar-refractivity contribution in [3.63, 3.8) is 0 Å². The highest BCUT2D eigenvalue weighted by molar-refractivity contribution is 6.30. The second-order valence-electron chi connectivity index (χ2n) is 5.19. The lowest BCUT2D eigenvalue weighted by Gasteiger charge is -2.07. The standard InChI is InChI=1S/C17H17ClN4/c18-14-8-4-7-13(11-14)16-20-17(22-21-16)15(19)10-9-12-5-2-1-3-6-12/h1-8,11,15H,9-10,19H2,(H,20,21,22)/t15-/m1/s1. The number of aryl methyl sites for hydroxylation is 1. The van der Waals surface area contributed by atoms with Gasteiger partial charge in [-0.05, 0) is 30.5 Å². The van der Waals surface area contributed by atoms with Crippen LogP contribution in [0.5, 0.6) is 0 Å². The molecule has 1 atom stereocenters. The average Bonchev–Trinajstić information content (AvgIpc) is 3.04. The number of aromatic amines is 1. The van der Waals surface area contributed by atoms with Gasteiger partial charge in [-0.1, -0.05) is 54.1 Å². The van der Waals surface area contributed by atoms with E-state index in [0.717, 1.165) is 18.4 Å². The van der Waals surface area contributed by atoms with Crippen molar-refractivity contribution in [2.45, 2.75) is 18.9 Å². The fourth-order valence-corrected chi connectivity index (χ4v) is 2.49. The minimum atomic E-state index is -0.166. The molecule has 1 aromatic heterocycles. The minimum absolute atomic E-state index is 0.166. The van der Waals surface area contributed by atoms with Gasteiger partial charge in [0.25, 0.3) is 0 Å². The normalized spacial score (nSPS) is 12.3. The van der Waals surface area contributed by atoms with Crippen LogP contribution in [-0.4, -0.2) is 15.2 Å².